The summed E-state index contributed by atoms with van der Waals surface area (Å²) in [5.41, 5.74) is 14.7. The van der Waals surface area contributed by atoms with Crippen molar-refractivity contribution in [3.63, 3.8) is 0 Å². The van der Waals surface area contributed by atoms with Crippen LogP contribution in [0.15, 0.2) is 127 Å². The lowest BCUT2D eigenvalue weighted by Crippen LogP contribution is -2.16. The predicted molar refractivity (Wildman–Crippen MR) is 194 cm³/mol. The maximum absolute atomic E-state index is 2.58. The molecule has 1 atom stereocenters. The van der Waals surface area contributed by atoms with Gasteiger partial charge in [-0.1, -0.05) is 97.9 Å². The van der Waals surface area contributed by atoms with E-state index in [0.29, 0.717) is 5.92 Å². The maximum atomic E-state index is 2.58. The molecule has 46 heavy (non-hydrogen) atoms. The lowest BCUT2D eigenvalue weighted by Gasteiger charge is -2.25. The number of hydrogen-bond acceptors (Lipinski definition) is 0. The Morgan fingerprint density at radius 1 is 0.457 bits per heavy atom. The van der Waals surface area contributed by atoms with Crippen LogP contribution in [0.4, 0.5) is 0 Å². The van der Waals surface area contributed by atoms with E-state index in [4.69, 9.17) is 0 Å². The lowest BCUT2D eigenvalue weighted by atomic mass is 9.89. The highest BCUT2D eigenvalue weighted by atomic mass is 15.0. The monoisotopic (exact) mass is 591 g/mol. The highest BCUT2D eigenvalue weighted by molar-refractivity contribution is 6.12. The third-order valence-corrected chi connectivity index (χ3v) is 10.4. The zero-order chi connectivity index (χ0) is 30.4. The van der Waals surface area contributed by atoms with Crippen LogP contribution in [0.2, 0.25) is 0 Å². The summed E-state index contributed by atoms with van der Waals surface area (Å²) in [6.07, 6.45) is 8.00. The third kappa shape index (κ3) is 3.54. The number of nitrogens with zero attached hydrogens (tertiary/aromatic N) is 3. The molecule has 3 heterocycles. The number of aromatic nitrogens is 3. The molecule has 0 radical (unpaired) electrons. The fraction of sp³-hybridized carbons (Fsp3) is 0.116. The quantitative estimate of drug-likeness (QED) is 0.194. The van der Waals surface area contributed by atoms with E-state index in [-0.39, 0.29) is 0 Å². The molecule has 0 N–H and O–H groups in total. The fourth-order valence-electron chi connectivity index (χ4n) is 8.44. The number of benzene rings is 5. The van der Waals surface area contributed by atoms with Crippen LogP contribution in [0.25, 0.3) is 72.8 Å². The van der Waals surface area contributed by atoms with Gasteiger partial charge in [0, 0.05) is 67.1 Å². The van der Waals surface area contributed by atoms with Gasteiger partial charge in [-0.15, -0.1) is 0 Å². The molecule has 0 fully saturated rings. The Morgan fingerprint density at radius 3 is 1.50 bits per heavy atom. The van der Waals surface area contributed by atoms with Crippen molar-refractivity contribution < 1.29 is 0 Å². The van der Waals surface area contributed by atoms with E-state index in [1.165, 1.54) is 83.2 Å². The Hall–Kier alpha value is -5.54. The molecule has 0 saturated heterocycles. The summed E-state index contributed by atoms with van der Waals surface area (Å²) in [7, 11) is 0. The summed E-state index contributed by atoms with van der Waals surface area (Å²) in [6.45, 7) is 2.40. The maximum Gasteiger partial charge on any atom is 0.0537 e. The summed E-state index contributed by atoms with van der Waals surface area (Å²) in [4.78, 5) is 0. The van der Waals surface area contributed by atoms with Crippen LogP contribution < -0.4 is 0 Å². The summed E-state index contributed by atoms with van der Waals surface area (Å²) in [5, 5.41) is 5.26. The first kappa shape index (κ1) is 25.8. The molecule has 220 valence electrons. The molecule has 0 aliphatic heterocycles. The average Bonchev–Trinajstić information content (AvgIpc) is 3.73. The number of fused-ring (bicyclic) bond motifs is 9. The molecule has 2 aliphatic rings. The minimum absolute atomic E-state index is 0.353. The molecule has 10 rings (SSSR count). The molecule has 2 aliphatic carbocycles. The predicted octanol–water partition coefficient (Wildman–Crippen LogP) is 10.8. The smallest absolute Gasteiger partial charge is 0.0537 e. The van der Waals surface area contributed by atoms with Crippen molar-refractivity contribution >= 4 is 67.2 Å². The highest BCUT2D eigenvalue weighted by Gasteiger charge is 2.31. The van der Waals surface area contributed by atoms with Gasteiger partial charge >= 0.3 is 0 Å². The van der Waals surface area contributed by atoms with Crippen LogP contribution in [0, 0.1) is 5.92 Å². The van der Waals surface area contributed by atoms with E-state index < -0.39 is 0 Å². The van der Waals surface area contributed by atoms with Gasteiger partial charge in [-0.25, -0.2) is 0 Å². The molecule has 0 saturated carbocycles. The molecular weight excluding hydrogens is 558 g/mol. The summed E-state index contributed by atoms with van der Waals surface area (Å²) in [6, 6.07) is 46.5. The molecule has 3 heteroatoms. The minimum Gasteiger partial charge on any atom is -0.317 e. The summed E-state index contributed by atoms with van der Waals surface area (Å²) >= 11 is 0. The second kappa shape index (κ2) is 9.73. The van der Waals surface area contributed by atoms with E-state index in [1.54, 1.807) is 0 Å². The van der Waals surface area contributed by atoms with Gasteiger partial charge in [0.05, 0.1) is 22.1 Å². The Kier molecular flexibility index (Phi) is 5.45. The molecular formula is C43H33N3. The standard InChI is InChI=1S/C43H33N3/c1-28-25-43-36(27-42(28)46-39-21-11-7-17-33(39)34-18-8-12-22-40(34)46)35-26-30(23-24-41(35)44(43)29-13-3-2-4-14-29)45-37-19-9-5-15-31(37)32-16-6-10-20-38(32)45/h2-22,26-28H,23-25H2,1H3. The Balaban J connectivity index is 1.26. The SMILES string of the molecule is CC1Cc2c(c3c(n2-c2ccccc2)CCC(n2c4ccccc4c4ccccc42)=C3)C=C1n1c2ccccc2c2ccccc21. The van der Waals surface area contributed by atoms with E-state index in [2.05, 4.69) is 160 Å². The molecule has 8 aromatic rings. The zero-order valence-electron chi connectivity index (χ0n) is 25.8. The van der Waals surface area contributed by atoms with Crippen molar-refractivity contribution in [1.82, 2.24) is 13.7 Å². The second-order valence-corrected chi connectivity index (χ2v) is 12.9. The Labute approximate surface area is 267 Å². The van der Waals surface area contributed by atoms with Gasteiger partial charge in [-0.3, -0.25) is 0 Å². The van der Waals surface area contributed by atoms with Crippen LogP contribution in [0.5, 0.6) is 0 Å². The van der Waals surface area contributed by atoms with Gasteiger partial charge in [0.25, 0.3) is 0 Å². The van der Waals surface area contributed by atoms with Crippen molar-refractivity contribution in [3.05, 3.63) is 150 Å². The third-order valence-electron chi connectivity index (χ3n) is 10.4. The van der Waals surface area contributed by atoms with Crippen molar-refractivity contribution in [1.29, 1.82) is 0 Å². The first-order valence-electron chi connectivity index (χ1n) is 16.5. The van der Waals surface area contributed by atoms with E-state index in [0.717, 1.165) is 19.3 Å². The molecule has 3 aromatic heterocycles. The van der Waals surface area contributed by atoms with Gasteiger partial charge in [-0.2, -0.15) is 0 Å². The van der Waals surface area contributed by atoms with Gasteiger partial charge < -0.3 is 13.7 Å². The van der Waals surface area contributed by atoms with E-state index in [1.807, 2.05) is 0 Å². The van der Waals surface area contributed by atoms with Crippen LogP contribution in [0.3, 0.4) is 0 Å². The van der Waals surface area contributed by atoms with Crippen molar-refractivity contribution in [2.75, 3.05) is 0 Å². The normalized spacial score (nSPS) is 16.2. The second-order valence-electron chi connectivity index (χ2n) is 12.9. The van der Waals surface area contributed by atoms with Gasteiger partial charge in [-0.05, 0) is 67.8 Å². The van der Waals surface area contributed by atoms with E-state index in [9.17, 15) is 0 Å². The van der Waals surface area contributed by atoms with Gasteiger partial charge in [0.1, 0.15) is 0 Å². The van der Waals surface area contributed by atoms with Crippen molar-refractivity contribution in [2.24, 2.45) is 5.92 Å². The molecule has 0 spiro atoms. The summed E-state index contributed by atoms with van der Waals surface area (Å²) in [5.74, 6) is 0.353. The minimum atomic E-state index is 0.353. The van der Waals surface area contributed by atoms with Crippen LogP contribution in [-0.2, 0) is 12.8 Å². The molecule has 3 nitrogen and oxygen atoms in total. The number of rotatable bonds is 3. The number of allylic oxidation sites excluding steroid dienone is 2. The van der Waals surface area contributed by atoms with Gasteiger partial charge in [0.15, 0.2) is 0 Å². The molecule has 5 aromatic carbocycles. The molecule has 0 bridgehead atoms. The van der Waals surface area contributed by atoms with Crippen molar-refractivity contribution in [2.45, 2.75) is 26.2 Å². The van der Waals surface area contributed by atoms with E-state index >= 15 is 0 Å². The van der Waals surface area contributed by atoms with Crippen LogP contribution in [0.1, 0.15) is 35.9 Å². The highest BCUT2D eigenvalue weighted by Crippen LogP contribution is 2.45. The van der Waals surface area contributed by atoms with Crippen molar-refractivity contribution in [3.8, 4) is 5.69 Å². The fourth-order valence-corrected chi connectivity index (χ4v) is 8.44. The lowest BCUT2D eigenvalue weighted by molar-refractivity contribution is 0.674. The average molecular weight is 592 g/mol. The Morgan fingerprint density at radius 2 is 0.935 bits per heavy atom. The molecule has 0 amide bonds. The topological polar surface area (TPSA) is 14.8 Å². The largest absolute Gasteiger partial charge is 0.317 e. The van der Waals surface area contributed by atoms with Crippen LogP contribution >= 0.6 is 0 Å². The molecule has 1 unspecified atom stereocenters. The van der Waals surface area contributed by atoms with Gasteiger partial charge in [0.2, 0.25) is 0 Å². The zero-order valence-corrected chi connectivity index (χ0v) is 25.8. The number of hydrogen-bond donors (Lipinski definition) is 0. The van der Waals surface area contributed by atoms with Crippen LogP contribution in [-0.4, -0.2) is 13.7 Å². The first-order valence-corrected chi connectivity index (χ1v) is 16.5. The summed E-state index contributed by atoms with van der Waals surface area (Å²) < 4.78 is 7.63. The number of para-hydroxylation sites is 5. The first-order chi connectivity index (χ1) is 22.8. The Bertz CT molecular complexity index is 2460.